The molecule has 26 heavy (non-hydrogen) atoms. The Morgan fingerprint density at radius 3 is 2.50 bits per heavy atom. The molecule has 1 aromatic rings. The van der Waals surface area contributed by atoms with Gasteiger partial charge in [-0.15, -0.1) is 0 Å². The van der Waals surface area contributed by atoms with E-state index in [0.29, 0.717) is 32.5 Å². The molecule has 0 aliphatic carbocycles. The van der Waals surface area contributed by atoms with Gasteiger partial charge in [0, 0.05) is 30.8 Å². The number of likely N-dealkylation sites (tertiary alicyclic amines) is 1. The lowest BCUT2D eigenvalue weighted by molar-refractivity contribution is -0.892. The first-order chi connectivity index (χ1) is 12.6. The standard InChI is InChI=1S/C19H28N4O3/c1-26-17-4-2-3-16(13-17)22-11-9-21(10-12-22)14-18(24)23-7-5-15(6-8-23)19(20)25/h2-4,13,15H,5-12,14H2,1H3,(H2,20,25)/p+1. The number of anilines is 1. The van der Waals surface area contributed by atoms with Crippen molar-refractivity contribution in [3.8, 4) is 5.75 Å². The van der Waals surface area contributed by atoms with Crippen molar-refractivity contribution in [3.63, 3.8) is 0 Å². The summed E-state index contributed by atoms with van der Waals surface area (Å²) in [6, 6.07) is 8.11. The molecule has 3 N–H and O–H groups in total. The van der Waals surface area contributed by atoms with Gasteiger partial charge in [-0.05, 0) is 25.0 Å². The minimum atomic E-state index is -0.239. The average molecular weight is 361 g/mol. The topological polar surface area (TPSA) is 80.3 Å². The summed E-state index contributed by atoms with van der Waals surface area (Å²) in [7, 11) is 1.68. The van der Waals surface area contributed by atoms with Crippen LogP contribution in [0.2, 0.25) is 0 Å². The second-order valence-corrected chi connectivity index (χ2v) is 7.17. The van der Waals surface area contributed by atoms with E-state index in [1.807, 2.05) is 17.0 Å². The minimum absolute atomic E-state index is 0.0715. The van der Waals surface area contributed by atoms with E-state index in [2.05, 4.69) is 17.0 Å². The molecule has 7 nitrogen and oxygen atoms in total. The summed E-state index contributed by atoms with van der Waals surface area (Å²) in [5.41, 5.74) is 6.53. The van der Waals surface area contributed by atoms with E-state index in [1.54, 1.807) is 7.11 Å². The Hall–Kier alpha value is -2.28. The van der Waals surface area contributed by atoms with Crippen LogP contribution in [0.25, 0.3) is 0 Å². The fraction of sp³-hybridized carbons (Fsp3) is 0.579. The molecule has 142 valence electrons. The Labute approximate surface area is 154 Å². The van der Waals surface area contributed by atoms with Crippen LogP contribution in [0, 0.1) is 5.92 Å². The highest BCUT2D eigenvalue weighted by molar-refractivity contribution is 5.79. The molecule has 2 amide bonds. The number of carbonyl (C=O) groups excluding carboxylic acids is 2. The smallest absolute Gasteiger partial charge is 0.277 e. The van der Waals surface area contributed by atoms with Gasteiger partial charge in [-0.25, -0.2) is 0 Å². The fourth-order valence-electron chi connectivity index (χ4n) is 3.80. The van der Waals surface area contributed by atoms with Gasteiger partial charge in [-0.1, -0.05) is 6.07 Å². The van der Waals surface area contributed by atoms with E-state index in [0.717, 1.165) is 31.9 Å². The molecule has 2 heterocycles. The number of rotatable bonds is 5. The Morgan fingerprint density at radius 1 is 1.19 bits per heavy atom. The Morgan fingerprint density at radius 2 is 1.88 bits per heavy atom. The number of quaternary nitrogens is 1. The average Bonchev–Trinajstić information content (AvgIpc) is 2.68. The number of piperazine rings is 1. The summed E-state index contributed by atoms with van der Waals surface area (Å²) in [5.74, 6) is 0.749. The van der Waals surface area contributed by atoms with Crippen LogP contribution < -0.4 is 20.3 Å². The summed E-state index contributed by atoms with van der Waals surface area (Å²) in [6.45, 7) is 5.58. The van der Waals surface area contributed by atoms with E-state index in [-0.39, 0.29) is 17.7 Å². The number of benzene rings is 1. The van der Waals surface area contributed by atoms with Crippen LogP contribution in [0.3, 0.4) is 0 Å². The molecule has 0 aromatic heterocycles. The van der Waals surface area contributed by atoms with Gasteiger partial charge in [0.05, 0.1) is 33.3 Å². The number of methoxy groups -OCH3 is 1. The molecule has 0 bridgehead atoms. The van der Waals surface area contributed by atoms with E-state index in [4.69, 9.17) is 10.5 Å². The van der Waals surface area contributed by atoms with Gasteiger partial charge in [0.1, 0.15) is 5.75 Å². The monoisotopic (exact) mass is 361 g/mol. The number of ether oxygens (including phenoxy) is 1. The lowest BCUT2D eigenvalue weighted by Gasteiger charge is -2.35. The molecule has 2 aliphatic heterocycles. The molecule has 0 spiro atoms. The number of piperidine rings is 1. The number of nitrogens with one attached hydrogen (secondary N) is 1. The van der Waals surface area contributed by atoms with E-state index in [9.17, 15) is 9.59 Å². The summed E-state index contributed by atoms with van der Waals surface area (Å²) in [6.07, 6.45) is 1.39. The second kappa shape index (κ2) is 8.40. The molecule has 0 atom stereocenters. The number of nitrogens with zero attached hydrogens (tertiary/aromatic N) is 2. The van der Waals surface area contributed by atoms with Crippen molar-refractivity contribution in [2.45, 2.75) is 12.8 Å². The van der Waals surface area contributed by atoms with E-state index in [1.165, 1.54) is 10.6 Å². The molecule has 1 aromatic carbocycles. The molecular formula is C19H29N4O3+. The number of hydrogen-bond donors (Lipinski definition) is 2. The van der Waals surface area contributed by atoms with Crippen molar-refractivity contribution in [1.82, 2.24) is 4.90 Å². The maximum absolute atomic E-state index is 12.5. The second-order valence-electron chi connectivity index (χ2n) is 7.17. The van der Waals surface area contributed by atoms with Crippen LogP contribution in [0.15, 0.2) is 24.3 Å². The summed E-state index contributed by atoms with van der Waals surface area (Å²) >= 11 is 0. The number of amides is 2. The largest absolute Gasteiger partial charge is 0.497 e. The van der Waals surface area contributed by atoms with Crippen LogP contribution >= 0.6 is 0 Å². The van der Waals surface area contributed by atoms with Crippen LogP contribution in [-0.2, 0) is 9.59 Å². The van der Waals surface area contributed by atoms with Crippen LogP contribution in [-0.4, -0.2) is 69.6 Å². The van der Waals surface area contributed by atoms with Crippen molar-refractivity contribution in [2.75, 3.05) is 57.8 Å². The molecule has 3 rings (SSSR count). The number of primary amides is 1. The van der Waals surface area contributed by atoms with Crippen LogP contribution in [0.4, 0.5) is 5.69 Å². The molecule has 2 fully saturated rings. The molecule has 0 unspecified atom stereocenters. The van der Waals surface area contributed by atoms with Crippen LogP contribution in [0.5, 0.6) is 5.75 Å². The van der Waals surface area contributed by atoms with Gasteiger partial charge in [0.25, 0.3) is 5.91 Å². The highest BCUT2D eigenvalue weighted by atomic mass is 16.5. The van der Waals surface area contributed by atoms with Crippen molar-refractivity contribution < 1.29 is 19.2 Å². The summed E-state index contributed by atoms with van der Waals surface area (Å²) in [4.78, 5) is 29.3. The lowest BCUT2D eigenvalue weighted by atomic mass is 9.96. The van der Waals surface area contributed by atoms with Crippen LogP contribution in [0.1, 0.15) is 12.8 Å². The van der Waals surface area contributed by atoms with E-state index < -0.39 is 0 Å². The molecular weight excluding hydrogens is 332 g/mol. The van der Waals surface area contributed by atoms with Gasteiger partial charge < -0.3 is 25.2 Å². The SMILES string of the molecule is COc1cccc(N2CC[NH+](CC(=O)N3CCC(C(N)=O)CC3)CC2)c1. The maximum Gasteiger partial charge on any atom is 0.277 e. The van der Waals surface area contributed by atoms with Crippen molar-refractivity contribution in [3.05, 3.63) is 24.3 Å². The summed E-state index contributed by atoms with van der Waals surface area (Å²) < 4.78 is 5.30. The first kappa shape index (κ1) is 18.5. The Kier molecular flexibility index (Phi) is 5.98. The lowest BCUT2D eigenvalue weighted by Crippen LogP contribution is -3.16. The number of hydrogen-bond acceptors (Lipinski definition) is 4. The molecule has 0 saturated carbocycles. The summed E-state index contributed by atoms with van der Waals surface area (Å²) in [5, 5.41) is 0. The predicted octanol–water partition coefficient (Wildman–Crippen LogP) is -0.876. The molecule has 0 radical (unpaired) electrons. The van der Waals surface area contributed by atoms with Crippen molar-refractivity contribution >= 4 is 17.5 Å². The van der Waals surface area contributed by atoms with Gasteiger partial charge in [0.2, 0.25) is 5.91 Å². The number of carbonyl (C=O) groups is 2. The van der Waals surface area contributed by atoms with Crippen molar-refractivity contribution in [2.24, 2.45) is 11.7 Å². The first-order valence-electron chi connectivity index (χ1n) is 9.36. The quantitative estimate of drug-likeness (QED) is 0.714. The van der Waals surface area contributed by atoms with Gasteiger partial charge in [0.15, 0.2) is 6.54 Å². The highest BCUT2D eigenvalue weighted by Gasteiger charge is 2.29. The van der Waals surface area contributed by atoms with Crippen molar-refractivity contribution in [1.29, 1.82) is 0 Å². The highest BCUT2D eigenvalue weighted by Crippen LogP contribution is 2.20. The Bertz CT molecular complexity index is 635. The zero-order chi connectivity index (χ0) is 18.5. The minimum Gasteiger partial charge on any atom is -0.497 e. The first-order valence-corrected chi connectivity index (χ1v) is 9.36. The van der Waals surface area contributed by atoms with Gasteiger partial charge in [-0.2, -0.15) is 0 Å². The zero-order valence-corrected chi connectivity index (χ0v) is 15.4. The third-order valence-electron chi connectivity index (χ3n) is 5.54. The zero-order valence-electron chi connectivity index (χ0n) is 15.4. The van der Waals surface area contributed by atoms with E-state index >= 15 is 0 Å². The predicted molar refractivity (Wildman–Crippen MR) is 99.3 cm³/mol. The number of nitrogens with two attached hydrogens (primary N) is 1. The maximum atomic E-state index is 12.5. The molecule has 2 aliphatic rings. The third kappa shape index (κ3) is 4.46. The molecule has 2 saturated heterocycles. The third-order valence-corrected chi connectivity index (χ3v) is 5.54. The van der Waals surface area contributed by atoms with Gasteiger partial charge in [-0.3, -0.25) is 9.59 Å². The normalized spacial score (nSPS) is 19.4. The Balaban J connectivity index is 1.45. The molecule has 7 heteroatoms. The fourth-order valence-corrected chi connectivity index (χ4v) is 3.80. The van der Waals surface area contributed by atoms with Gasteiger partial charge >= 0.3 is 0 Å².